The first-order chi connectivity index (χ1) is 14.4. The molecule has 1 aliphatic heterocycles. The van der Waals surface area contributed by atoms with E-state index in [0.717, 1.165) is 61.5 Å². The highest BCUT2D eigenvalue weighted by molar-refractivity contribution is 14.1. The van der Waals surface area contributed by atoms with Gasteiger partial charge in [0.2, 0.25) is 5.54 Å². The lowest BCUT2D eigenvalue weighted by Gasteiger charge is -2.20. The lowest BCUT2D eigenvalue weighted by atomic mass is 9.92. The summed E-state index contributed by atoms with van der Waals surface area (Å²) in [6, 6.07) is 12.7. The van der Waals surface area contributed by atoms with Crippen molar-refractivity contribution in [1.29, 1.82) is 5.26 Å². The summed E-state index contributed by atoms with van der Waals surface area (Å²) in [7, 11) is 0. The van der Waals surface area contributed by atoms with Crippen molar-refractivity contribution >= 4 is 39.5 Å². The maximum atomic E-state index is 9.88. The van der Waals surface area contributed by atoms with Crippen molar-refractivity contribution in [3.63, 3.8) is 0 Å². The second kappa shape index (κ2) is 7.95. The normalized spacial score (nSPS) is 18.4. The molecular formula is C24H24IN5. The Bertz CT molecular complexity index is 1230. The van der Waals surface area contributed by atoms with Crippen LogP contribution in [0, 0.1) is 25.2 Å². The smallest absolute Gasteiger partial charge is 0.202 e. The minimum atomic E-state index is -0.909. The van der Waals surface area contributed by atoms with Gasteiger partial charge in [0, 0.05) is 21.4 Å². The van der Waals surface area contributed by atoms with Crippen molar-refractivity contribution in [1.82, 2.24) is 14.5 Å². The van der Waals surface area contributed by atoms with Crippen molar-refractivity contribution in [2.45, 2.75) is 52.6 Å². The molecule has 0 spiro atoms. The number of imidazole rings is 1. The van der Waals surface area contributed by atoms with Crippen LogP contribution < -0.4 is 0 Å². The lowest BCUT2D eigenvalue weighted by Crippen LogP contribution is -2.19. The van der Waals surface area contributed by atoms with Gasteiger partial charge in [0.05, 0.1) is 6.54 Å². The number of aliphatic imine (C=N–C) groups is 1. The minimum Gasteiger partial charge on any atom is -0.308 e. The second-order valence-corrected chi connectivity index (χ2v) is 9.04. The zero-order valence-electron chi connectivity index (χ0n) is 17.7. The molecule has 30 heavy (non-hydrogen) atoms. The number of aryl methyl sites for hydroxylation is 3. The summed E-state index contributed by atoms with van der Waals surface area (Å²) in [5, 5.41) is 9.88. The summed E-state index contributed by atoms with van der Waals surface area (Å²) in [5.74, 6) is 1.07. The lowest BCUT2D eigenvalue weighted by molar-refractivity contribution is 0.712. The van der Waals surface area contributed by atoms with Crippen molar-refractivity contribution in [3.05, 3.63) is 68.2 Å². The molecule has 2 aromatic heterocycles. The van der Waals surface area contributed by atoms with Crippen LogP contribution in [0.4, 0.5) is 0 Å². The molecule has 3 aromatic rings. The van der Waals surface area contributed by atoms with Crippen LogP contribution in [0.2, 0.25) is 0 Å². The highest BCUT2D eigenvalue weighted by Crippen LogP contribution is 2.41. The number of allylic oxidation sites excluding steroid dienone is 1. The summed E-state index contributed by atoms with van der Waals surface area (Å²) < 4.78 is 3.17. The van der Waals surface area contributed by atoms with E-state index in [9.17, 15) is 5.26 Å². The van der Waals surface area contributed by atoms with E-state index in [4.69, 9.17) is 9.97 Å². The maximum absolute atomic E-state index is 9.88. The van der Waals surface area contributed by atoms with Crippen LogP contribution in [-0.4, -0.2) is 20.2 Å². The predicted molar refractivity (Wildman–Crippen MR) is 129 cm³/mol. The summed E-state index contributed by atoms with van der Waals surface area (Å²) in [4.78, 5) is 14.3. The SMILES string of the molecule is CCCc1nc2c(C)cc(C)nc2n1Cc1ccc(C2(C#N)N=C(C)C=C2I)cc1. The summed E-state index contributed by atoms with van der Waals surface area (Å²) in [6.45, 7) is 8.93. The Balaban J connectivity index is 1.73. The number of benzene rings is 1. The highest BCUT2D eigenvalue weighted by Gasteiger charge is 2.38. The van der Waals surface area contributed by atoms with Crippen LogP contribution in [0.25, 0.3) is 11.2 Å². The molecule has 0 saturated carbocycles. The molecule has 0 radical (unpaired) electrons. The first kappa shape index (κ1) is 20.7. The van der Waals surface area contributed by atoms with Gasteiger partial charge >= 0.3 is 0 Å². The molecule has 0 aliphatic carbocycles. The van der Waals surface area contributed by atoms with Gasteiger partial charge in [-0.3, -0.25) is 4.99 Å². The fourth-order valence-corrected chi connectivity index (χ4v) is 5.05. The maximum Gasteiger partial charge on any atom is 0.202 e. The molecule has 0 amide bonds. The standard InChI is InChI=1S/C24H24IN5/c1-5-6-21-28-22-15(2)11-16(3)27-23(22)30(21)13-18-7-9-19(10-8-18)24(14-26)20(25)12-17(4)29-24/h7-12H,5-6,13H2,1-4H3. The predicted octanol–water partition coefficient (Wildman–Crippen LogP) is 5.56. The van der Waals surface area contributed by atoms with Crippen LogP contribution in [0.1, 0.15) is 48.5 Å². The van der Waals surface area contributed by atoms with E-state index in [-0.39, 0.29) is 0 Å². The third kappa shape index (κ3) is 3.45. The molecule has 0 bridgehead atoms. The van der Waals surface area contributed by atoms with Crippen LogP contribution >= 0.6 is 22.6 Å². The molecule has 1 aromatic carbocycles. The summed E-state index contributed by atoms with van der Waals surface area (Å²) in [6.07, 6.45) is 3.93. The number of nitrogens with zero attached hydrogens (tertiary/aromatic N) is 5. The molecule has 0 fully saturated rings. The van der Waals surface area contributed by atoms with E-state index in [0.29, 0.717) is 6.54 Å². The van der Waals surface area contributed by atoms with Gasteiger partial charge in [-0.05, 0) is 78.6 Å². The van der Waals surface area contributed by atoms with Gasteiger partial charge < -0.3 is 4.57 Å². The number of nitriles is 1. The monoisotopic (exact) mass is 509 g/mol. The van der Waals surface area contributed by atoms with Crippen molar-refractivity contribution in [2.24, 2.45) is 4.99 Å². The Morgan fingerprint density at radius 1 is 1.13 bits per heavy atom. The highest BCUT2D eigenvalue weighted by atomic mass is 127. The van der Waals surface area contributed by atoms with E-state index >= 15 is 0 Å². The largest absolute Gasteiger partial charge is 0.308 e. The van der Waals surface area contributed by atoms with E-state index in [1.165, 1.54) is 0 Å². The number of pyridine rings is 1. The Kier molecular flexibility index (Phi) is 5.49. The number of halogens is 1. The fourth-order valence-electron chi connectivity index (χ4n) is 4.05. The third-order valence-corrected chi connectivity index (χ3v) is 6.57. The molecular weight excluding hydrogens is 485 g/mol. The number of rotatable bonds is 5. The molecule has 4 rings (SSSR count). The van der Waals surface area contributed by atoms with E-state index in [2.05, 4.69) is 70.3 Å². The Labute approximate surface area is 190 Å². The molecule has 6 heteroatoms. The van der Waals surface area contributed by atoms with E-state index in [1.807, 2.05) is 32.1 Å². The molecule has 1 aliphatic rings. The summed E-state index contributed by atoms with van der Waals surface area (Å²) >= 11 is 2.22. The molecule has 3 heterocycles. The first-order valence-electron chi connectivity index (χ1n) is 10.2. The van der Waals surface area contributed by atoms with Crippen LogP contribution in [0.5, 0.6) is 0 Å². The quantitative estimate of drug-likeness (QED) is 0.423. The fraction of sp³-hybridized carbons (Fsp3) is 0.333. The van der Waals surface area contributed by atoms with Crippen molar-refractivity contribution < 1.29 is 0 Å². The molecule has 0 N–H and O–H groups in total. The average molecular weight is 509 g/mol. The Morgan fingerprint density at radius 3 is 2.47 bits per heavy atom. The molecule has 1 unspecified atom stereocenters. The zero-order chi connectivity index (χ0) is 21.5. The Morgan fingerprint density at radius 2 is 1.87 bits per heavy atom. The summed E-state index contributed by atoms with van der Waals surface area (Å²) in [5.41, 5.74) is 6.13. The minimum absolute atomic E-state index is 0.705. The molecule has 152 valence electrons. The molecule has 0 saturated heterocycles. The Hall–Kier alpha value is -2.53. The first-order valence-corrected chi connectivity index (χ1v) is 11.2. The number of fused-ring (bicyclic) bond motifs is 1. The second-order valence-electron chi connectivity index (χ2n) is 7.88. The van der Waals surface area contributed by atoms with Gasteiger partial charge in [-0.1, -0.05) is 31.2 Å². The number of aromatic nitrogens is 3. The van der Waals surface area contributed by atoms with Gasteiger partial charge in [-0.25, -0.2) is 9.97 Å². The van der Waals surface area contributed by atoms with Crippen LogP contribution in [0.3, 0.4) is 0 Å². The average Bonchev–Trinajstić information content (AvgIpc) is 3.20. The van der Waals surface area contributed by atoms with Crippen LogP contribution in [0.15, 0.2) is 45.0 Å². The van der Waals surface area contributed by atoms with E-state index in [1.54, 1.807) is 0 Å². The van der Waals surface area contributed by atoms with Gasteiger partial charge in [-0.2, -0.15) is 5.26 Å². The molecule has 5 nitrogen and oxygen atoms in total. The zero-order valence-corrected chi connectivity index (χ0v) is 19.9. The van der Waals surface area contributed by atoms with Crippen molar-refractivity contribution in [2.75, 3.05) is 0 Å². The van der Waals surface area contributed by atoms with E-state index < -0.39 is 5.54 Å². The number of hydrogen-bond acceptors (Lipinski definition) is 4. The van der Waals surface area contributed by atoms with Gasteiger partial charge in [0.1, 0.15) is 17.4 Å². The molecule has 1 atom stereocenters. The topological polar surface area (TPSA) is 66.9 Å². The van der Waals surface area contributed by atoms with Gasteiger partial charge in [-0.15, -0.1) is 0 Å². The van der Waals surface area contributed by atoms with Crippen molar-refractivity contribution in [3.8, 4) is 6.07 Å². The number of hydrogen-bond donors (Lipinski definition) is 0. The van der Waals surface area contributed by atoms with Crippen LogP contribution in [-0.2, 0) is 18.5 Å². The van der Waals surface area contributed by atoms with Gasteiger partial charge in [0.25, 0.3) is 0 Å². The van der Waals surface area contributed by atoms with Gasteiger partial charge in [0.15, 0.2) is 5.65 Å². The third-order valence-electron chi connectivity index (χ3n) is 5.47.